The third-order valence-corrected chi connectivity index (χ3v) is 2.45. The third kappa shape index (κ3) is 2.81. The van der Waals surface area contributed by atoms with Gasteiger partial charge < -0.3 is 5.73 Å². The van der Waals surface area contributed by atoms with E-state index in [2.05, 4.69) is 6.58 Å². The normalized spacial score (nSPS) is 26.3. The van der Waals surface area contributed by atoms with Gasteiger partial charge in [-0.1, -0.05) is 31.2 Å². The van der Waals surface area contributed by atoms with Crippen LogP contribution in [-0.2, 0) is 4.79 Å². The van der Waals surface area contributed by atoms with E-state index >= 15 is 0 Å². The predicted molar refractivity (Wildman–Crippen MR) is 54.3 cm³/mol. The minimum Gasteiger partial charge on any atom is -0.324 e. The van der Waals surface area contributed by atoms with Crippen LogP contribution in [0.5, 0.6) is 0 Å². The Morgan fingerprint density at radius 1 is 1.62 bits per heavy atom. The van der Waals surface area contributed by atoms with Gasteiger partial charge in [-0.15, -0.1) is 0 Å². The maximum atomic E-state index is 11.6. The Balaban J connectivity index is 2.41. The summed E-state index contributed by atoms with van der Waals surface area (Å²) in [6, 6.07) is 0.0730. The minimum absolute atomic E-state index is 0.0401. The number of hydrogen-bond donors (Lipinski definition) is 1. The zero-order valence-electron chi connectivity index (χ0n) is 8.12. The summed E-state index contributed by atoms with van der Waals surface area (Å²) in [5.74, 6) is 0.300. The highest BCUT2D eigenvalue weighted by molar-refractivity contribution is 5.85. The fraction of sp³-hybridized carbons (Fsp3) is 0.545. The second-order valence-corrected chi connectivity index (χ2v) is 3.64. The number of allylic oxidation sites excluding steroid dienone is 2. The van der Waals surface area contributed by atoms with Crippen LogP contribution >= 0.6 is 0 Å². The topological polar surface area (TPSA) is 43.1 Å². The number of hydrogen-bond acceptors (Lipinski definition) is 2. The number of Topliss-reactive ketones (excluding diaryl/α,β-unsaturated/α-hetero) is 1. The first-order chi connectivity index (χ1) is 6.13. The molecule has 0 aromatic carbocycles. The second kappa shape index (κ2) is 4.38. The molecule has 1 rings (SSSR count). The van der Waals surface area contributed by atoms with Gasteiger partial charge in [-0.2, -0.15) is 0 Å². The molecule has 2 N–H and O–H groups in total. The van der Waals surface area contributed by atoms with Crippen molar-refractivity contribution in [1.29, 1.82) is 0 Å². The Kier molecular flexibility index (Phi) is 3.43. The van der Waals surface area contributed by atoms with Crippen molar-refractivity contribution in [1.82, 2.24) is 0 Å². The molecular formula is C11H17NO. The summed E-state index contributed by atoms with van der Waals surface area (Å²) in [5.41, 5.74) is 6.68. The summed E-state index contributed by atoms with van der Waals surface area (Å²) < 4.78 is 0. The van der Waals surface area contributed by atoms with Gasteiger partial charge in [-0.25, -0.2) is 0 Å². The smallest absolute Gasteiger partial charge is 0.143 e. The van der Waals surface area contributed by atoms with Crippen molar-refractivity contribution < 1.29 is 4.79 Å². The summed E-state index contributed by atoms with van der Waals surface area (Å²) in [4.78, 5) is 11.6. The van der Waals surface area contributed by atoms with Crippen LogP contribution in [0.15, 0.2) is 24.3 Å². The van der Waals surface area contributed by atoms with E-state index in [1.807, 2.05) is 19.1 Å². The van der Waals surface area contributed by atoms with E-state index in [1.54, 1.807) is 0 Å². The molecule has 0 saturated heterocycles. The average molecular weight is 179 g/mol. The Morgan fingerprint density at radius 2 is 2.31 bits per heavy atom. The van der Waals surface area contributed by atoms with Crippen LogP contribution in [-0.4, -0.2) is 11.8 Å². The maximum Gasteiger partial charge on any atom is 0.143 e. The van der Waals surface area contributed by atoms with E-state index in [4.69, 9.17) is 5.73 Å². The summed E-state index contributed by atoms with van der Waals surface area (Å²) in [6.07, 6.45) is 6.01. The molecular weight excluding hydrogens is 162 g/mol. The van der Waals surface area contributed by atoms with Crippen LogP contribution in [0.4, 0.5) is 0 Å². The van der Waals surface area contributed by atoms with Crippen molar-refractivity contribution in [3.8, 4) is 0 Å². The molecule has 0 spiro atoms. The van der Waals surface area contributed by atoms with Crippen molar-refractivity contribution in [2.75, 3.05) is 0 Å². The van der Waals surface area contributed by atoms with Gasteiger partial charge in [-0.05, 0) is 12.8 Å². The van der Waals surface area contributed by atoms with Crippen LogP contribution in [0.3, 0.4) is 0 Å². The summed E-state index contributed by atoms with van der Waals surface area (Å²) in [6.45, 7) is 5.85. The zero-order chi connectivity index (χ0) is 9.84. The van der Waals surface area contributed by atoms with E-state index in [9.17, 15) is 4.79 Å². The molecule has 2 unspecified atom stereocenters. The Hall–Kier alpha value is -0.890. The van der Waals surface area contributed by atoms with Crippen molar-refractivity contribution in [3.63, 3.8) is 0 Å². The lowest BCUT2D eigenvalue weighted by molar-refractivity contribution is -0.120. The third-order valence-electron chi connectivity index (χ3n) is 2.45. The quantitative estimate of drug-likeness (QED) is 0.669. The monoisotopic (exact) mass is 179 g/mol. The minimum atomic E-state index is 0.0401. The first-order valence-corrected chi connectivity index (χ1v) is 4.76. The highest BCUT2D eigenvalue weighted by atomic mass is 16.1. The van der Waals surface area contributed by atoms with E-state index in [0.717, 1.165) is 18.4 Å². The molecule has 0 aliphatic heterocycles. The van der Waals surface area contributed by atoms with Crippen LogP contribution in [0.25, 0.3) is 0 Å². The molecule has 0 aromatic heterocycles. The van der Waals surface area contributed by atoms with Crippen LogP contribution < -0.4 is 5.73 Å². The molecule has 1 aliphatic rings. The number of ketones is 1. The molecule has 0 amide bonds. The van der Waals surface area contributed by atoms with Crippen molar-refractivity contribution in [2.45, 2.75) is 32.2 Å². The lowest BCUT2D eigenvalue weighted by Gasteiger charge is -2.08. The van der Waals surface area contributed by atoms with Gasteiger partial charge in [-0.3, -0.25) is 4.79 Å². The van der Waals surface area contributed by atoms with Gasteiger partial charge in [0.1, 0.15) is 5.78 Å². The van der Waals surface area contributed by atoms with Gasteiger partial charge in [0, 0.05) is 18.4 Å². The number of rotatable bonds is 4. The average Bonchev–Trinajstić information content (AvgIpc) is 2.51. The molecule has 0 aromatic rings. The van der Waals surface area contributed by atoms with Gasteiger partial charge >= 0.3 is 0 Å². The van der Waals surface area contributed by atoms with Crippen LogP contribution in [0.2, 0.25) is 0 Å². The van der Waals surface area contributed by atoms with Gasteiger partial charge in [0.25, 0.3) is 0 Å². The van der Waals surface area contributed by atoms with Crippen LogP contribution in [0, 0.1) is 5.92 Å². The first kappa shape index (κ1) is 10.2. The Morgan fingerprint density at radius 3 is 2.77 bits per heavy atom. The molecule has 2 atom stereocenters. The summed E-state index contributed by atoms with van der Waals surface area (Å²) in [5, 5.41) is 0. The van der Waals surface area contributed by atoms with E-state index in [-0.39, 0.29) is 17.7 Å². The molecule has 2 nitrogen and oxygen atoms in total. The number of nitrogens with two attached hydrogens (primary N) is 1. The van der Waals surface area contributed by atoms with Gasteiger partial charge in [0.2, 0.25) is 0 Å². The van der Waals surface area contributed by atoms with Crippen molar-refractivity contribution in [3.05, 3.63) is 24.3 Å². The van der Waals surface area contributed by atoms with E-state index in [0.29, 0.717) is 6.42 Å². The van der Waals surface area contributed by atoms with E-state index < -0.39 is 0 Å². The van der Waals surface area contributed by atoms with Crippen LogP contribution in [0.1, 0.15) is 26.2 Å². The molecule has 0 bridgehead atoms. The van der Waals surface area contributed by atoms with Crippen molar-refractivity contribution >= 4 is 5.78 Å². The standard InChI is InChI=1S/C11H17NO/c1-3-8(2)6-11(13)9-4-5-10(12)7-9/h4-5,9-10H,2-3,6-7,12H2,1H3. The Labute approximate surface area is 79.5 Å². The van der Waals surface area contributed by atoms with Gasteiger partial charge in [0.15, 0.2) is 0 Å². The molecule has 72 valence electrons. The predicted octanol–water partition coefficient (Wildman–Crippen LogP) is 1.82. The van der Waals surface area contributed by atoms with Crippen molar-refractivity contribution in [2.24, 2.45) is 11.7 Å². The fourth-order valence-electron chi connectivity index (χ4n) is 1.47. The van der Waals surface area contributed by atoms with Gasteiger partial charge in [0.05, 0.1) is 0 Å². The largest absolute Gasteiger partial charge is 0.324 e. The molecule has 2 heteroatoms. The summed E-state index contributed by atoms with van der Waals surface area (Å²) in [7, 11) is 0. The summed E-state index contributed by atoms with van der Waals surface area (Å²) >= 11 is 0. The lowest BCUT2D eigenvalue weighted by Crippen LogP contribution is -2.19. The lowest BCUT2D eigenvalue weighted by atomic mass is 9.96. The molecule has 1 aliphatic carbocycles. The molecule has 0 heterocycles. The highest BCUT2D eigenvalue weighted by Crippen LogP contribution is 2.20. The second-order valence-electron chi connectivity index (χ2n) is 3.64. The maximum absolute atomic E-state index is 11.6. The molecule has 0 saturated carbocycles. The fourth-order valence-corrected chi connectivity index (χ4v) is 1.47. The SMILES string of the molecule is C=C(CC)CC(=O)C1C=CC(N)C1. The Bertz CT molecular complexity index is 242. The first-order valence-electron chi connectivity index (χ1n) is 4.76. The molecule has 0 radical (unpaired) electrons. The van der Waals surface area contributed by atoms with E-state index in [1.165, 1.54) is 0 Å². The molecule has 0 fully saturated rings. The number of carbonyl (C=O) groups is 1. The highest BCUT2D eigenvalue weighted by Gasteiger charge is 2.22. The molecule has 13 heavy (non-hydrogen) atoms. The zero-order valence-corrected chi connectivity index (χ0v) is 8.12. The number of carbonyl (C=O) groups excluding carboxylic acids is 1.